The van der Waals surface area contributed by atoms with E-state index in [0.29, 0.717) is 38.0 Å². The van der Waals surface area contributed by atoms with Crippen LogP contribution in [0.4, 0.5) is 5.69 Å². The largest absolute Gasteiger partial charge is 0.466 e. The molecule has 0 spiro atoms. The van der Waals surface area contributed by atoms with Gasteiger partial charge >= 0.3 is 5.97 Å². The summed E-state index contributed by atoms with van der Waals surface area (Å²) >= 11 is 0. The number of amidine groups is 1. The number of carbonyl (C=O) groups is 2. The van der Waals surface area contributed by atoms with Gasteiger partial charge in [-0.25, -0.2) is 4.98 Å². The van der Waals surface area contributed by atoms with Crippen molar-refractivity contribution in [2.24, 2.45) is 5.73 Å². The van der Waals surface area contributed by atoms with Crippen molar-refractivity contribution in [2.45, 2.75) is 77.3 Å². The van der Waals surface area contributed by atoms with E-state index in [1.807, 2.05) is 54.3 Å². The van der Waals surface area contributed by atoms with E-state index in [9.17, 15) is 9.59 Å². The maximum absolute atomic E-state index is 12.2. The summed E-state index contributed by atoms with van der Waals surface area (Å²) in [6.07, 6.45) is 8.00. The number of nitrogens with two attached hydrogens (primary N) is 1. The maximum atomic E-state index is 12.2. The normalized spacial score (nSPS) is 14.5. The number of hydrogen-bond donors (Lipinski definition) is 2. The summed E-state index contributed by atoms with van der Waals surface area (Å²) in [5.41, 5.74) is 9.82. The molecule has 1 amide bonds. The number of hydrogen-bond acceptors (Lipinski definition) is 5. The quantitative estimate of drug-likeness (QED) is 0.147. The molecule has 3 aromatic rings. The lowest BCUT2D eigenvalue weighted by Gasteiger charge is -2.42. The Kier molecular flexibility index (Phi) is 9.91. The lowest BCUT2D eigenvalue weighted by Crippen LogP contribution is -2.47. The molecule has 1 saturated carbocycles. The van der Waals surface area contributed by atoms with E-state index < -0.39 is 0 Å². The molecule has 0 aliphatic heterocycles. The monoisotopic (exact) mass is 539 g/mol. The van der Waals surface area contributed by atoms with Gasteiger partial charge in [0.15, 0.2) is 0 Å². The van der Waals surface area contributed by atoms with Crippen molar-refractivity contribution in [2.75, 3.05) is 11.5 Å². The van der Waals surface area contributed by atoms with Crippen LogP contribution in [0.1, 0.15) is 75.7 Å². The molecule has 0 bridgehead atoms. The van der Waals surface area contributed by atoms with Gasteiger partial charge in [-0.3, -0.25) is 15.0 Å². The second-order valence-corrected chi connectivity index (χ2v) is 10.1. The van der Waals surface area contributed by atoms with Gasteiger partial charge in [-0.05, 0) is 56.9 Å². The van der Waals surface area contributed by atoms with Crippen LogP contribution in [0, 0.1) is 5.41 Å². The molecule has 38 heavy (non-hydrogen) atoms. The smallest absolute Gasteiger partial charge is 0.305 e. The maximum Gasteiger partial charge on any atom is 0.305 e. The number of halogens is 1. The molecule has 0 unspecified atom stereocenters. The van der Waals surface area contributed by atoms with Crippen molar-refractivity contribution in [1.29, 1.82) is 5.41 Å². The molecule has 1 aliphatic rings. The standard InChI is InChI=1S/C29H37N5O3.ClH/c1-3-37-27(36)8-7-17-33-25-14-13-23(34(20-35)29(2)15-5-4-6-16-29)19-24(25)32-26(33)18-21-9-11-22(12-10-21)28(30)31;/h9-14,19-20H,3-8,15-18H2,1-2H3,(H3,30,31);1H. The van der Waals surface area contributed by atoms with Gasteiger partial charge in [-0.1, -0.05) is 43.5 Å². The van der Waals surface area contributed by atoms with E-state index in [2.05, 4.69) is 11.5 Å². The number of nitrogen functional groups attached to an aromatic ring is 1. The van der Waals surface area contributed by atoms with Crippen molar-refractivity contribution in [1.82, 2.24) is 9.55 Å². The van der Waals surface area contributed by atoms with Crippen molar-refractivity contribution in [3.8, 4) is 0 Å². The molecule has 9 heteroatoms. The molecular weight excluding hydrogens is 502 g/mol. The molecule has 204 valence electrons. The van der Waals surface area contributed by atoms with Crippen molar-refractivity contribution < 1.29 is 14.3 Å². The van der Waals surface area contributed by atoms with E-state index in [1.54, 1.807) is 0 Å². The Morgan fingerprint density at radius 1 is 1.18 bits per heavy atom. The number of benzene rings is 2. The molecule has 8 nitrogen and oxygen atoms in total. The van der Waals surface area contributed by atoms with Gasteiger partial charge < -0.3 is 19.9 Å². The number of imidazole rings is 1. The Morgan fingerprint density at radius 3 is 2.53 bits per heavy atom. The molecular formula is C29H38ClN5O3. The van der Waals surface area contributed by atoms with E-state index in [4.69, 9.17) is 20.9 Å². The second kappa shape index (κ2) is 12.9. The highest BCUT2D eigenvalue weighted by molar-refractivity contribution is 5.94. The third kappa shape index (κ3) is 6.54. The van der Waals surface area contributed by atoms with Crippen LogP contribution in [0.2, 0.25) is 0 Å². The molecule has 3 N–H and O–H groups in total. The Hall–Kier alpha value is -3.39. The van der Waals surface area contributed by atoms with Crippen molar-refractivity contribution in [3.05, 3.63) is 59.4 Å². The average molecular weight is 540 g/mol. The molecule has 1 aliphatic carbocycles. The van der Waals surface area contributed by atoms with E-state index in [1.165, 1.54) is 6.42 Å². The minimum absolute atomic E-state index is 0. The first-order valence-corrected chi connectivity index (χ1v) is 13.2. The van der Waals surface area contributed by atoms with Gasteiger partial charge in [0.1, 0.15) is 11.7 Å². The first-order valence-electron chi connectivity index (χ1n) is 13.2. The van der Waals surface area contributed by atoms with E-state index in [-0.39, 0.29) is 29.8 Å². The van der Waals surface area contributed by atoms with Gasteiger partial charge in [0.2, 0.25) is 6.41 Å². The zero-order valence-electron chi connectivity index (χ0n) is 22.2. The number of nitrogens with zero attached hydrogens (tertiary/aromatic N) is 3. The first kappa shape index (κ1) is 29.2. The number of aromatic nitrogens is 2. The van der Waals surface area contributed by atoms with Crippen molar-refractivity contribution >= 4 is 47.3 Å². The molecule has 2 aromatic carbocycles. The zero-order valence-corrected chi connectivity index (χ0v) is 23.1. The highest BCUT2D eigenvalue weighted by Crippen LogP contribution is 2.36. The average Bonchev–Trinajstić information content (AvgIpc) is 3.21. The fraction of sp³-hybridized carbons (Fsp3) is 0.448. The Bertz CT molecular complexity index is 1270. The molecule has 0 radical (unpaired) electrons. The molecule has 0 atom stereocenters. The summed E-state index contributed by atoms with van der Waals surface area (Å²) in [6, 6.07) is 13.7. The molecule has 0 saturated heterocycles. The Balaban J connectivity index is 0.00000400. The van der Waals surface area contributed by atoms with E-state index in [0.717, 1.165) is 60.2 Å². The lowest BCUT2D eigenvalue weighted by molar-refractivity contribution is -0.143. The summed E-state index contributed by atoms with van der Waals surface area (Å²) in [4.78, 5) is 31.0. The summed E-state index contributed by atoms with van der Waals surface area (Å²) in [7, 11) is 0. The molecule has 1 fully saturated rings. The SMILES string of the molecule is CCOC(=O)CCCn1c(Cc2ccc(C(=N)N)cc2)nc2cc(N(C=O)C3(C)CCCCC3)ccc21.Cl. The van der Waals surface area contributed by atoms with Crippen LogP contribution in [0.15, 0.2) is 42.5 Å². The van der Waals surface area contributed by atoms with Crippen LogP contribution in [-0.4, -0.2) is 39.9 Å². The van der Waals surface area contributed by atoms with Gasteiger partial charge in [-0.2, -0.15) is 0 Å². The van der Waals surface area contributed by atoms with Gasteiger partial charge in [0.25, 0.3) is 0 Å². The number of rotatable bonds is 11. The third-order valence-electron chi connectivity index (χ3n) is 7.40. The second-order valence-electron chi connectivity index (χ2n) is 10.1. The van der Waals surface area contributed by atoms with Crippen LogP contribution >= 0.6 is 12.4 Å². The van der Waals surface area contributed by atoms with Gasteiger partial charge in [0.05, 0.1) is 17.6 Å². The van der Waals surface area contributed by atoms with Gasteiger partial charge in [0, 0.05) is 36.2 Å². The number of esters is 1. The number of carbonyl (C=O) groups excluding carboxylic acids is 2. The summed E-state index contributed by atoms with van der Waals surface area (Å²) < 4.78 is 7.25. The number of nitrogens with one attached hydrogen (secondary N) is 1. The lowest BCUT2D eigenvalue weighted by atomic mass is 9.82. The minimum Gasteiger partial charge on any atom is -0.466 e. The topological polar surface area (TPSA) is 114 Å². The summed E-state index contributed by atoms with van der Waals surface area (Å²) in [5, 5.41) is 7.63. The highest BCUT2D eigenvalue weighted by atomic mass is 35.5. The molecule has 1 heterocycles. The van der Waals surface area contributed by atoms with Crippen LogP contribution in [0.3, 0.4) is 0 Å². The van der Waals surface area contributed by atoms with Crippen LogP contribution in [-0.2, 0) is 27.3 Å². The predicted octanol–water partition coefficient (Wildman–Crippen LogP) is 5.36. The number of amides is 1. The van der Waals surface area contributed by atoms with Crippen molar-refractivity contribution in [3.63, 3.8) is 0 Å². The van der Waals surface area contributed by atoms with Gasteiger partial charge in [-0.15, -0.1) is 12.4 Å². The van der Waals surface area contributed by atoms with Crippen LogP contribution < -0.4 is 10.6 Å². The first-order chi connectivity index (χ1) is 17.8. The zero-order chi connectivity index (χ0) is 26.4. The number of ether oxygens (including phenoxy) is 1. The number of fused-ring (bicyclic) bond motifs is 1. The fourth-order valence-electron chi connectivity index (χ4n) is 5.36. The Morgan fingerprint density at radius 2 is 1.89 bits per heavy atom. The van der Waals surface area contributed by atoms with E-state index >= 15 is 0 Å². The molecule has 4 rings (SSSR count). The fourth-order valence-corrected chi connectivity index (χ4v) is 5.36. The summed E-state index contributed by atoms with van der Waals surface area (Å²) in [6.45, 7) is 4.99. The summed E-state index contributed by atoms with van der Waals surface area (Å²) in [5.74, 6) is 0.725. The predicted molar refractivity (Wildman–Crippen MR) is 153 cm³/mol. The third-order valence-corrected chi connectivity index (χ3v) is 7.40. The number of anilines is 1. The minimum atomic E-state index is -0.196. The molecule has 1 aromatic heterocycles. The number of aryl methyl sites for hydroxylation is 1. The Labute approximate surface area is 230 Å². The van der Waals surface area contributed by atoms with Crippen LogP contribution in [0.5, 0.6) is 0 Å². The highest BCUT2D eigenvalue weighted by Gasteiger charge is 2.33. The van der Waals surface area contributed by atoms with Crippen LogP contribution in [0.25, 0.3) is 11.0 Å².